The zero-order chi connectivity index (χ0) is 12.1. The number of fused-ring (bicyclic) bond motifs is 1. The smallest absolute Gasteiger partial charge is 0.262 e. The van der Waals surface area contributed by atoms with Gasteiger partial charge in [0.05, 0.1) is 11.0 Å². The number of para-hydroxylation sites is 2. The minimum atomic E-state index is -0.889. The molecular weight excluding hydrogens is 294 g/mol. The highest BCUT2D eigenvalue weighted by molar-refractivity contribution is 6.93. The predicted molar refractivity (Wildman–Crippen MR) is 66.7 cm³/mol. The molecule has 1 aromatic carbocycles. The first-order valence-electron chi connectivity index (χ1n) is 3.93. The van der Waals surface area contributed by atoms with Gasteiger partial charge >= 0.3 is 4.70 Å². The van der Waals surface area contributed by atoms with Crippen LogP contribution < -0.4 is 0 Å². The van der Waals surface area contributed by atoms with Crippen molar-refractivity contribution < 1.29 is 4.79 Å². The van der Waals surface area contributed by atoms with Gasteiger partial charge in [-0.25, -0.2) is 9.97 Å². The number of benzene rings is 1. The molecule has 0 saturated carbocycles. The highest BCUT2D eigenvalue weighted by Crippen LogP contribution is 2.20. The zero-order valence-electron chi connectivity index (χ0n) is 7.62. The van der Waals surface area contributed by atoms with Gasteiger partial charge in [0.25, 0.3) is 0 Å². The van der Waals surface area contributed by atoms with Crippen LogP contribution in [0.15, 0.2) is 24.3 Å². The van der Waals surface area contributed by atoms with Crippen LogP contribution in [-0.4, -0.2) is 14.7 Å². The molecule has 0 saturated heterocycles. The van der Waals surface area contributed by atoms with Crippen molar-refractivity contribution in [3.05, 3.63) is 34.6 Å². The molecule has 16 heavy (non-hydrogen) atoms. The lowest BCUT2D eigenvalue weighted by atomic mass is 10.3. The van der Waals surface area contributed by atoms with Crippen LogP contribution in [0.3, 0.4) is 0 Å². The van der Waals surface area contributed by atoms with Crippen molar-refractivity contribution in [2.45, 2.75) is 0 Å². The third-order valence-electron chi connectivity index (χ3n) is 1.49. The molecule has 0 spiro atoms. The summed E-state index contributed by atoms with van der Waals surface area (Å²) in [6.45, 7) is 0. The molecule has 3 nitrogen and oxygen atoms in total. The van der Waals surface area contributed by atoms with Crippen LogP contribution in [0.5, 0.6) is 0 Å². The van der Waals surface area contributed by atoms with E-state index in [-0.39, 0.29) is 10.3 Å². The topological polar surface area (TPSA) is 42.9 Å². The molecule has 0 unspecified atom stereocenters. The molecule has 0 N–H and O–H groups in total. The number of halogens is 4. The van der Waals surface area contributed by atoms with Gasteiger partial charge in [0.15, 0.2) is 10.3 Å². The molecule has 0 atom stereocenters. The van der Waals surface area contributed by atoms with E-state index in [2.05, 4.69) is 33.2 Å². The summed E-state index contributed by atoms with van der Waals surface area (Å²) in [6.07, 6.45) is 0. The summed E-state index contributed by atoms with van der Waals surface area (Å²) >= 11 is 20.2. The van der Waals surface area contributed by atoms with E-state index in [0.29, 0.717) is 0 Å². The predicted octanol–water partition coefficient (Wildman–Crippen LogP) is 4.52. The third-order valence-corrected chi connectivity index (χ3v) is 2.11. The van der Waals surface area contributed by atoms with Gasteiger partial charge in [-0.15, -0.1) is 0 Å². The van der Waals surface area contributed by atoms with Crippen LogP contribution in [0.1, 0.15) is 0 Å². The average molecular weight is 298 g/mol. The maximum absolute atomic E-state index is 8.98. The quantitative estimate of drug-likeness (QED) is 0.671. The fraction of sp³-hybridized carbons (Fsp3) is 0. The standard InChI is InChI=1S/C8H4Cl2N2.CCl2O/c9-7-8(10)12-6-4-2-1-3-5(6)11-7;2-1(3)4/h1-4H;. The summed E-state index contributed by atoms with van der Waals surface area (Å²) in [5.41, 5.74) is 1.51. The number of rotatable bonds is 0. The van der Waals surface area contributed by atoms with E-state index < -0.39 is 4.70 Å². The molecule has 0 bridgehead atoms. The van der Waals surface area contributed by atoms with Crippen molar-refractivity contribution in [1.82, 2.24) is 9.97 Å². The van der Waals surface area contributed by atoms with E-state index in [0.717, 1.165) is 11.0 Å². The van der Waals surface area contributed by atoms with Crippen LogP contribution in [0.4, 0.5) is 4.79 Å². The SMILES string of the molecule is Clc1nc2ccccc2nc1Cl.O=C(Cl)Cl. The molecule has 0 aliphatic heterocycles. The van der Waals surface area contributed by atoms with Crippen molar-refractivity contribution in [3.63, 3.8) is 0 Å². The molecule has 0 aliphatic rings. The summed E-state index contributed by atoms with van der Waals surface area (Å²) in [5, 5.41) is 0.491. The maximum atomic E-state index is 8.98. The second-order valence-electron chi connectivity index (χ2n) is 2.52. The maximum Gasteiger partial charge on any atom is 0.313 e. The van der Waals surface area contributed by atoms with Crippen molar-refractivity contribution in [2.24, 2.45) is 0 Å². The Morgan fingerprint density at radius 3 is 1.56 bits per heavy atom. The number of carbonyl (C=O) groups excluding carboxylic acids is 1. The summed E-state index contributed by atoms with van der Waals surface area (Å²) in [4.78, 5) is 17.1. The lowest BCUT2D eigenvalue weighted by molar-refractivity contribution is 0.275. The number of hydrogen-bond donors (Lipinski definition) is 0. The first-order chi connectivity index (χ1) is 7.50. The Labute approximate surface area is 111 Å². The Balaban J connectivity index is 0.000000280. The van der Waals surface area contributed by atoms with Crippen molar-refractivity contribution in [2.75, 3.05) is 0 Å². The van der Waals surface area contributed by atoms with E-state index in [1.807, 2.05) is 24.3 Å². The van der Waals surface area contributed by atoms with Gasteiger partial charge in [-0.05, 0) is 35.3 Å². The Bertz CT molecular complexity index is 473. The Hall–Kier alpha value is -0.610. The van der Waals surface area contributed by atoms with Crippen molar-refractivity contribution in [1.29, 1.82) is 0 Å². The summed E-state index contributed by atoms with van der Waals surface area (Å²) < 4.78 is -0.889. The largest absolute Gasteiger partial charge is 0.313 e. The van der Waals surface area contributed by atoms with Crippen LogP contribution in [0, 0.1) is 0 Å². The molecule has 0 aliphatic carbocycles. The highest BCUT2D eigenvalue weighted by atomic mass is 35.5. The molecular formula is C9H4Cl4N2O. The van der Waals surface area contributed by atoms with Crippen LogP contribution in [0.25, 0.3) is 11.0 Å². The number of nitrogens with zero attached hydrogens (tertiary/aromatic N) is 2. The molecule has 0 radical (unpaired) electrons. The third kappa shape index (κ3) is 4.10. The van der Waals surface area contributed by atoms with Gasteiger partial charge in [0.2, 0.25) is 0 Å². The Morgan fingerprint density at radius 2 is 1.25 bits per heavy atom. The molecule has 0 amide bonds. The van der Waals surface area contributed by atoms with Gasteiger partial charge in [-0.1, -0.05) is 35.3 Å². The second-order valence-corrected chi connectivity index (χ2v) is 4.12. The first-order valence-corrected chi connectivity index (χ1v) is 5.44. The molecule has 1 aromatic heterocycles. The molecule has 7 heteroatoms. The molecule has 2 aromatic rings. The fourth-order valence-corrected chi connectivity index (χ4v) is 1.22. The van der Waals surface area contributed by atoms with Crippen LogP contribution in [-0.2, 0) is 0 Å². The van der Waals surface area contributed by atoms with Gasteiger partial charge in [-0.3, -0.25) is 4.79 Å². The Morgan fingerprint density at radius 1 is 0.938 bits per heavy atom. The monoisotopic (exact) mass is 296 g/mol. The van der Waals surface area contributed by atoms with E-state index in [4.69, 9.17) is 28.0 Å². The summed E-state index contributed by atoms with van der Waals surface area (Å²) in [5.74, 6) is 0. The van der Waals surface area contributed by atoms with E-state index in [9.17, 15) is 0 Å². The zero-order valence-corrected chi connectivity index (χ0v) is 10.6. The van der Waals surface area contributed by atoms with E-state index in [1.165, 1.54) is 0 Å². The van der Waals surface area contributed by atoms with Gasteiger partial charge in [-0.2, -0.15) is 0 Å². The number of hydrogen-bond acceptors (Lipinski definition) is 3. The van der Waals surface area contributed by atoms with Gasteiger partial charge in [0.1, 0.15) is 0 Å². The lowest BCUT2D eigenvalue weighted by Crippen LogP contribution is -1.85. The van der Waals surface area contributed by atoms with Crippen LogP contribution >= 0.6 is 46.4 Å². The van der Waals surface area contributed by atoms with E-state index >= 15 is 0 Å². The molecule has 0 fully saturated rings. The summed E-state index contributed by atoms with van der Waals surface area (Å²) in [6, 6.07) is 7.43. The summed E-state index contributed by atoms with van der Waals surface area (Å²) in [7, 11) is 0. The van der Waals surface area contributed by atoms with E-state index in [1.54, 1.807) is 0 Å². The van der Waals surface area contributed by atoms with Crippen LogP contribution in [0.2, 0.25) is 10.3 Å². The minimum Gasteiger partial charge on any atom is -0.262 e. The molecule has 1 heterocycles. The second kappa shape index (κ2) is 6.21. The van der Waals surface area contributed by atoms with Gasteiger partial charge < -0.3 is 0 Å². The number of carbonyl (C=O) groups is 1. The van der Waals surface area contributed by atoms with Crippen molar-refractivity contribution >= 4 is 62.1 Å². The highest BCUT2D eigenvalue weighted by Gasteiger charge is 2.02. The van der Waals surface area contributed by atoms with Gasteiger partial charge in [0, 0.05) is 0 Å². The van der Waals surface area contributed by atoms with Crippen molar-refractivity contribution in [3.8, 4) is 0 Å². The molecule has 84 valence electrons. The first kappa shape index (κ1) is 13.5. The fourth-order valence-electron chi connectivity index (χ4n) is 0.957. The normalized spacial score (nSPS) is 9.50. The lowest BCUT2D eigenvalue weighted by Gasteiger charge is -1.97. The average Bonchev–Trinajstić information content (AvgIpc) is 2.19. The number of aromatic nitrogens is 2. The Kier molecular flexibility index (Phi) is 5.22. The minimum absolute atomic E-state index is 0.246. The molecule has 2 rings (SSSR count).